The molecule has 3 aliphatic rings. The number of amides is 2. The Labute approximate surface area is 145 Å². The second-order valence-electron chi connectivity index (χ2n) is 7.69. The number of hydrogen-bond acceptors (Lipinski definition) is 4. The van der Waals surface area contributed by atoms with Crippen LogP contribution < -0.4 is 0 Å². The Morgan fingerprint density at radius 1 is 1.08 bits per heavy atom. The van der Waals surface area contributed by atoms with Crippen molar-refractivity contribution in [3.05, 3.63) is 0 Å². The maximum Gasteiger partial charge on any atom is 0.236 e. The summed E-state index contributed by atoms with van der Waals surface area (Å²) in [7, 11) is 0. The minimum atomic E-state index is 0.182. The molecule has 2 saturated heterocycles. The molecule has 0 aromatic heterocycles. The van der Waals surface area contributed by atoms with Gasteiger partial charge >= 0.3 is 0 Å². The molecular formula is C18H32N4O2. The van der Waals surface area contributed by atoms with Crippen LogP contribution in [0, 0.1) is 5.92 Å². The van der Waals surface area contributed by atoms with Gasteiger partial charge in [0.1, 0.15) is 0 Å². The van der Waals surface area contributed by atoms with Crippen molar-refractivity contribution in [1.82, 2.24) is 19.6 Å². The van der Waals surface area contributed by atoms with Gasteiger partial charge in [-0.25, -0.2) is 0 Å². The molecule has 0 spiro atoms. The normalized spacial score (nSPS) is 29.0. The van der Waals surface area contributed by atoms with Gasteiger partial charge in [0.15, 0.2) is 0 Å². The number of rotatable bonds is 5. The van der Waals surface area contributed by atoms with Crippen molar-refractivity contribution >= 4 is 11.8 Å². The standard InChI is InChI=1S/C18H32N4O2/c1-4-22(16-5-6-16)18(24)13-19-11-14(2)17(12-19)21-9-7-20(8-10-21)15(3)23/h14,16-17H,4-13H2,1-3H3/t14-,17+/m0/s1. The van der Waals surface area contributed by atoms with E-state index in [4.69, 9.17) is 0 Å². The monoisotopic (exact) mass is 336 g/mol. The summed E-state index contributed by atoms with van der Waals surface area (Å²) in [5.74, 6) is 1.06. The summed E-state index contributed by atoms with van der Waals surface area (Å²) in [6.45, 7) is 13.0. The van der Waals surface area contributed by atoms with Crippen molar-refractivity contribution in [3.63, 3.8) is 0 Å². The van der Waals surface area contributed by atoms with Gasteiger partial charge < -0.3 is 9.80 Å². The summed E-state index contributed by atoms with van der Waals surface area (Å²) in [5, 5.41) is 0. The first-order valence-corrected chi connectivity index (χ1v) is 9.51. The minimum absolute atomic E-state index is 0.182. The Morgan fingerprint density at radius 2 is 1.75 bits per heavy atom. The predicted molar refractivity (Wildman–Crippen MR) is 93.6 cm³/mol. The SMILES string of the molecule is CCN(C(=O)CN1C[C@@H](N2CCN(C(C)=O)CC2)[C@@H](C)C1)C1CC1. The van der Waals surface area contributed by atoms with Crippen LogP contribution in [0.2, 0.25) is 0 Å². The van der Waals surface area contributed by atoms with Gasteiger partial charge in [0.2, 0.25) is 11.8 Å². The van der Waals surface area contributed by atoms with Crippen LogP contribution in [0.25, 0.3) is 0 Å². The molecule has 0 bridgehead atoms. The second kappa shape index (κ2) is 7.40. The highest BCUT2D eigenvalue weighted by atomic mass is 16.2. The fourth-order valence-electron chi connectivity index (χ4n) is 4.33. The van der Waals surface area contributed by atoms with Crippen LogP contribution in [0.15, 0.2) is 0 Å². The van der Waals surface area contributed by atoms with Crippen LogP contribution in [0.5, 0.6) is 0 Å². The molecule has 24 heavy (non-hydrogen) atoms. The molecule has 2 atom stereocenters. The van der Waals surface area contributed by atoms with E-state index in [0.717, 1.165) is 45.8 Å². The quantitative estimate of drug-likeness (QED) is 0.733. The fourth-order valence-corrected chi connectivity index (χ4v) is 4.33. The number of likely N-dealkylation sites (N-methyl/N-ethyl adjacent to an activating group) is 1. The van der Waals surface area contributed by atoms with Gasteiger partial charge in [-0.3, -0.25) is 19.4 Å². The fraction of sp³-hybridized carbons (Fsp3) is 0.889. The van der Waals surface area contributed by atoms with E-state index in [1.165, 1.54) is 12.8 Å². The molecule has 2 heterocycles. The summed E-state index contributed by atoms with van der Waals surface area (Å²) in [6.07, 6.45) is 2.36. The lowest BCUT2D eigenvalue weighted by Crippen LogP contribution is -2.53. The molecule has 6 nitrogen and oxygen atoms in total. The zero-order chi connectivity index (χ0) is 17.3. The number of carbonyl (C=O) groups is 2. The van der Waals surface area contributed by atoms with E-state index >= 15 is 0 Å². The summed E-state index contributed by atoms with van der Waals surface area (Å²) in [4.78, 5) is 32.9. The number of hydrogen-bond donors (Lipinski definition) is 0. The number of nitrogens with zero attached hydrogens (tertiary/aromatic N) is 4. The van der Waals surface area contributed by atoms with Crippen molar-refractivity contribution in [1.29, 1.82) is 0 Å². The first-order chi connectivity index (χ1) is 11.5. The molecule has 1 aliphatic carbocycles. The van der Waals surface area contributed by atoms with Gasteiger partial charge in [0, 0.05) is 64.8 Å². The highest BCUT2D eigenvalue weighted by molar-refractivity contribution is 5.79. The number of likely N-dealkylation sites (tertiary alicyclic amines) is 1. The van der Waals surface area contributed by atoms with E-state index in [9.17, 15) is 9.59 Å². The van der Waals surface area contributed by atoms with Gasteiger partial charge in [-0.1, -0.05) is 6.92 Å². The Bertz CT molecular complexity index is 472. The third kappa shape index (κ3) is 3.91. The number of piperazine rings is 1. The molecule has 3 rings (SSSR count). The van der Waals surface area contributed by atoms with E-state index in [1.807, 2.05) is 4.90 Å². The van der Waals surface area contributed by atoms with Crippen LogP contribution in [-0.2, 0) is 9.59 Å². The summed E-state index contributed by atoms with van der Waals surface area (Å²) in [6, 6.07) is 1.03. The third-order valence-corrected chi connectivity index (χ3v) is 5.88. The summed E-state index contributed by atoms with van der Waals surface area (Å²) >= 11 is 0. The second-order valence-corrected chi connectivity index (χ2v) is 7.69. The Morgan fingerprint density at radius 3 is 2.29 bits per heavy atom. The van der Waals surface area contributed by atoms with Gasteiger partial charge in [0.25, 0.3) is 0 Å². The van der Waals surface area contributed by atoms with Gasteiger partial charge in [0.05, 0.1) is 6.54 Å². The molecule has 2 amide bonds. The molecule has 6 heteroatoms. The molecule has 3 fully saturated rings. The van der Waals surface area contributed by atoms with Crippen molar-refractivity contribution in [2.75, 3.05) is 52.4 Å². The van der Waals surface area contributed by atoms with Crippen LogP contribution in [0.4, 0.5) is 0 Å². The lowest BCUT2D eigenvalue weighted by atomic mass is 10.0. The lowest BCUT2D eigenvalue weighted by molar-refractivity contribution is -0.133. The minimum Gasteiger partial charge on any atom is -0.340 e. The maximum atomic E-state index is 12.5. The molecule has 2 aliphatic heterocycles. The molecule has 0 N–H and O–H groups in total. The average Bonchev–Trinajstić information content (AvgIpc) is 3.31. The van der Waals surface area contributed by atoms with Crippen LogP contribution >= 0.6 is 0 Å². The average molecular weight is 336 g/mol. The van der Waals surface area contributed by atoms with E-state index in [1.54, 1.807) is 6.92 Å². The lowest BCUT2D eigenvalue weighted by Gasteiger charge is -2.39. The summed E-state index contributed by atoms with van der Waals surface area (Å²) < 4.78 is 0. The molecule has 0 aromatic carbocycles. The molecule has 136 valence electrons. The zero-order valence-electron chi connectivity index (χ0n) is 15.4. The van der Waals surface area contributed by atoms with E-state index in [0.29, 0.717) is 30.5 Å². The van der Waals surface area contributed by atoms with E-state index in [-0.39, 0.29) is 5.91 Å². The Hall–Kier alpha value is -1.14. The smallest absolute Gasteiger partial charge is 0.236 e. The van der Waals surface area contributed by atoms with Crippen LogP contribution in [0.3, 0.4) is 0 Å². The maximum absolute atomic E-state index is 12.5. The molecule has 0 aromatic rings. The van der Waals surface area contributed by atoms with Gasteiger partial charge in [-0.2, -0.15) is 0 Å². The number of carbonyl (C=O) groups excluding carboxylic acids is 2. The van der Waals surface area contributed by atoms with E-state index in [2.05, 4.69) is 28.5 Å². The summed E-state index contributed by atoms with van der Waals surface area (Å²) in [5.41, 5.74) is 0. The van der Waals surface area contributed by atoms with Crippen LogP contribution in [-0.4, -0.2) is 95.9 Å². The van der Waals surface area contributed by atoms with Crippen molar-refractivity contribution in [2.45, 2.75) is 45.7 Å². The Balaban J connectivity index is 1.49. The van der Waals surface area contributed by atoms with Crippen molar-refractivity contribution in [3.8, 4) is 0 Å². The largest absolute Gasteiger partial charge is 0.340 e. The zero-order valence-corrected chi connectivity index (χ0v) is 15.4. The first-order valence-electron chi connectivity index (χ1n) is 9.51. The Kier molecular flexibility index (Phi) is 5.45. The van der Waals surface area contributed by atoms with Crippen LogP contribution in [0.1, 0.15) is 33.6 Å². The topological polar surface area (TPSA) is 47.1 Å². The van der Waals surface area contributed by atoms with Gasteiger partial charge in [-0.15, -0.1) is 0 Å². The van der Waals surface area contributed by atoms with Crippen molar-refractivity contribution in [2.24, 2.45) is 5.92 Å². The molecule has 0 unspecified atom stereocenters. The first kappa shape index (κ1) is 17.7. The molecule has 0 radical (unpaired) electrons. The molecular weight excluding hydrogens is 304 g/mol. The van der Waals surface area contributed by atoms with E-state index < -0.39 is 0 Å². The predicted octanol–water partition coefficient (Wildman–Crippen LogP) is 0.482. The van der Waals surface area contributed by atoms with Crippen molar-refractivity contribution < 1.29 is 9.59 Å². The molecule has 1 saturated carbocycles. The highest BCUT2D eigenvalue weighted by Crippen LogP contribution is 2.28. The third-order valence-electron chi connectivity index (χ3n) is 5.88. The highest BCUT2D eigenvalue weighted by Gasteiger charge is 2.38. The van der Waals surface area contributed by atoms with Gasteiger partial charge in [-0.05, 0) is 25.7 Å².